The Kier molecular flexibility index (Phi) is 6.58. The first-order valence-electron chi connectivity index (χ1n) is 13.0. The van der Waals surface area contributed by atoms with Crippen LogP contribution < -0.4 is 5.32 Å². The molecule has 2 aromatic heterocycles. The minimum atomic E-state index is -1.09. The Labute approximate surface area is 224 Å². The van der Waals surface area contributed by atoms with Crippen molar-refractivity contribution in [1.29, 1.82) is 0 Å². The summed E-state index contributed by atoms with van der Waals surface area (Å²) in [6.45, 7) is 0.363. The number of aliphatic hydroxyl groups excluding tert-OH is 1. The standard InChI is InChI=1S/C29H28FN5O4/c30-19-8-6-18(7-9-19)26-25(23-10-14-31-28(33-23)32-20-4-2-1-3-5-20)34-27(29(38)12-13-29)35(26)15-11-22-16-21(36)17-24(37)39-22/h1-10,14,21-22,36,38H,11-13,15-17H2,(H,31,32,33)/t21-,22-/m1/s1. The van der Waals surface area contributed by atoms with E-state index in [0.29, 0.717) is 66.6 Å². The third-order valence-corrected chi connectivity index (χ3v) is 7.06. The summed E-state index contributed by atoms with van der Waals surface area (Å²) in [4.78, 5) is 25.9. The second-order valence-electron chi connectivity index (χ2n) is 10.1. The zero-order valence-corrected chi connectivity index (χ0v) is 21.1. The van der Waals surface area contributed by atoms with E-state index in [2.05, 4.69) is 10.3 Å². The lowest BCUT2D eigenvalue weighted by molar-refractivity contribution is -0.160. The fourth-order valence-electron chi connectivity index (χ4n) is 4.96. The van der Waals surface area contributed by atoms with Crippen LogP contribution >= 0.6 is 0 Å². The van der Waals surface area contributed by atoms with Gasteiger partial charge in [-0.2, -0.15) is 0 Å². The lowest BCUT2D eigenvalue weighted by Gasteiger charge is -2.26. The maximum atomic E-state index is 13.9. The molecule has 3 N–H and O–H groups in total. The minimum absolute atomic E-state index is 0.00931. The summed E-state index contributed by atoms with van der Waals surface area (Å²) in [7, 11) is 0. The Morgan fingerprint density at radius 2 is 1.85 bits per heavy atom. The molecule has 0 radical (unpaired) electrons. The predicted molar refractivity (Wildman–Crippen MR) is 141 cm³/mol. The number of hydrogen-bond donors (Lipinski definition) is 3. The van der Waals surface area contributed by atoms with Crippen molar-refractivity contribution in [2.45, 2.75) is 56.5 Å². The summed E-state index contributed by atoms with van der Waals surface area (Å²) in [6.07, 6.45) is 2.31. The lowest BCUT2D eigenvalue weighted by atomic mass is 10.0. The number of nitrogens with zero attached hydrogens (tertiary/aromatic N) is 4. The van der Waals surface area contributed by atoms with Crippen molar-refractivity contribution in [3.8, 4) is 22.6 Å². The molecule has 0 amide bonds. The van der Waals surface area contributed by atoms with E-state index >= 15 is 0 Å². The molecule has 2 atom stereocenters. The molecule has 6 rings (SSSR count). The number of nitrogens with one attached hydrogen (secondary N) is 1. The summed E-state index contributed by atoms with van der Waals surface area (Å²) < 4.78 is 21.3. The smallest absolute Gasteiger partial charge is 0.308 e. The zero-order valence-electron chi connectivity index (χ0n) is 21.1. The monoisotopic (exact) mass is 529 g/mol. The lowest BCUT2D eigenvalue weighted by Crippen LogP contribution is -2.33. The van der Waals surface area contributed by atoms with Crippen molar-refractivity contribution in [2.24, 2.45) is 0 Å². The van der Waals surface area contributed by atoms with Gasteiger partial charge in [0.05, 0.1) is 23.9 Å². The van der Waals surface area contributed by atoms with E-state index in [4.69, 9.17) is 14.7 Å². The van der Waals surface area contributed by atoms with E-state index in [-0.39, 0.29) is 12.2 Å². The first kappa shape index (κ1) is 25.1. The van der Waals surface area contributed by atoms with E-state index in [0.717, 1.165) is 5.69 Å². The SMILES string of the molecule is O=C1C[C@H](O)C[C@@H](CCn2c(C3(O)CC3)nc(-c3ccnc(Nc4ccccc4)n3)c2-c2ccc(F)cc2)O1. The van der Waals surface area contributed by atoms with Gasteiger partial charge in [0.25, 0.3) is 0 Å². The van der Waals surface area contributed by atoms with Crippen LogP contribution in [0.5, 0.6) is 0 Å². The molecule has 39 heavy (non-hydrogen) atoms. The van der Waals surface area contributed by atoms with Gasteiger partial charge in [-0.3, -0.25) is 4.79 Å². The summed E-state index contributed by atoms with van der Waals surface area (Å²) in [5, 5.41) is 24.5. The number of anilines is 2. The molecular weight excluding hydrogens is 501 g/mol. The number of imidazole rings is 1. The Morgan fingerprint density at radius 1 is 1.08 bits per heavy atom. The fraction of sp³-hybridized carbons (Fsp3) is 0.310. The van der Waals surface area contributed by atoms with Gasteiger partial charge >= 0.3 is 5.97 Å². The van der Waals surface area contributed by atoms with Crippen LogP contribution in [0.3, 0.4) is 0 Å². The molecule has 1 saturated carbocycles. The van der Waals surface area contributed by atoms with Crippen molar-refractivity contribution in [3.05, 3.63) is 78.5 Å². The van der Waals surface area contributed by atoms with Gasteiger partial charge in [-0.1, -0.05) is 18.2 Å². The Balaban J connectivity index is 1.43. The van der Waals surface area contributed by atoms with Crippen molar-refractivity contribution < 1.29 is 24.1 Å². The van der Waals surface area contributed by atoms with Gasteiger partial charge in [0.1, 0.15) is 29.0 Å². The molecule has 0 bridgehead atoms. The predicted octanol–water partition coefficient (Wildman–Crippen LogP) is 4.33. The topological polar surface area (TPSA) is 122 Å². The Hall–Kier alpha value is -4.15. The minimum Gasteiger partial charge on any atom is -0.462 e. The first-order chi connectivity index (χ1) is 18.9. The Morgan fingerprint density at radius 3 is 2.56 bits per heavy atom. The van der Waals surface area contributed by atoms with Crippen molar-refractivity contribution in [2.75, 3.05) is 5.32 Å². The molecule has 1 saturated heterocycles. The largest absolute Gasteiger partial charge is 0.462 e. The fourth-order valence-corrected chi connectivity index (χ4v) is 4.96. The maximum Gasteiger partial charge on any atom is 0.308 e. The first-order valence-corrected chi connectivity index (χ1v) is 13.0. The highest BCUT2D eigenvalue weighted by molar-refractivity contribution is 5.78. The highest BCUT2D eigenvalue weighted by atomic mass is 19.1. The average Bonchev–Trinajstić information content (AvgIpc) is 3.55. The van der Waals surface area contributed by atoms with Crippen LogP contribution in [0.25, 0.3) is 22.6 Å². The van der Waals surface area contributed by atoms with Gasteiger partial charge in [0.2, 0.25) is 5.95 Å². The van der Waals surface area contributed by atoms with E-state index in [1.165, 1.54) is 12.1 Å². The molecule has 2 fully saturated rings. The van der Waals surface area contributed by atoms with Gasteiger partial charge < -0.3 is 24.8 Å². The summed E-state index contributed by atoms with van der Waals surface area (Å²) >= 11 is 0. The molecule has 0 unspecified atom stereocenters. The number of esters is 1. The number of rotatable bonds is 8. The summed E-state index contributed by atoms with van der Waals surface area (Å²) in [6, 6.07) is 17.4. The number of carbonyl (C=O) groups is 1. The molecule has 200 valence electrons. The second kappa shape index (κ2) is 10.2. The van der Waals surface area contributed by atoms with Crippen LogP contribution in [0.2, 0.25) is 0 Å². The normalized spacial score (nSPS) is 19.9. The molecule has 1 aliphatic heterocycles. The number of benzene rings is 2. The van der Waals surface area contributed by atoms with Crippen LogP contribution in [-0.4, -0.2) is 47.9 Å². The number of carbonyl (C=O) groups excluding carboxylic acids is 1. The molecule has 1 aliphatic carbocycles. The third-order valence-electron chi connectivity index (χ3n) is 7.06. The van der Waals surface area contributed by atoms with Crippen molar-refractivity contribution in [1.82, 2.24) is 19.5 Å². The van der Waals surface area contributed by atoms with E-state index in [1.54, 1.807) is 24.4 Å². The van der Waals surface area contributed by atoms with E-state index in [9.17, 15) is 19.4 Å². The van der Waals surface area contributed by atoms with E-state index < -0.39 is 23.8 Å². The second-order valence-corrected chi connectivity index (χ2v) is 10.1. The number of ether oxygens (including phenoxy) is 1. The molecule has 2 aromatic carbocycles. The zero-order chi connectivity index (χ0) is 27.0. The quantitative estimate of drug-likeness (QED) is 0.289. The number of aliphatic hydroxyl groups is 2. The molecule has 4 aromatic rings. The molecule has 10 heteroatoms. The van der Waals surface area contributed by atoms with Gasteiger partial charge in [0.15, 0.2) is 0 Å². The molecule has 0 spiro atoms. The summed E-state index contributed by atoms with van der Waals surface area (Å²) in [5.41, 5.74) is 2.16. The van der Waals surface area contributed by atoms with Crippen LogP contribution in [0.1, 0.15) is 37.9 Å². The van der Waals surface area contributed by atoms with Crippen molar-refractivity contribution in [3.63, 3.8) is 0 Å². The highest BCUT2D eigenvalue weighted by Gasteiger charge is 2.47. The van der Waals surface area contributed by atoms with Crippen LogP contribution in [0.4, 0.5) is 16.0 Å². The molecule has 2 aliphatic rings. The number of halogens is 1. The highest BCUT2D eigenvalue weighted by Crippen LogP contribution is 2.47. The third kappa shape index (κ3) is 5.39. The number of para-hydroxylation sites is 1. The van der Waals surface area contributed by atoms with E-state index in [1.807, 2.05) is 34.9 Å². The van der Waals surface area contributed by atoms with Crippen LogP contribution in [-0.2, 0) is 21.7 Å². The van der Waals surface area contributed by atoms with Gasteiger partial charge in [-0.15, -0.1) is 0 Å². The maximum absolute atomic E-state index is 13.9. The molecule has 9 nitrogen and oxygen atoms in total. The Bertz CT molecular complexity index is 1490. The van der Waals surface area contributed by atoms with Crippen LogP contribution in [0.15, 0.2) is 66.9 Å². The van der Waals surface area contributed by atoms with Crippen LogP contribution in [0, 0.1) is 5.82 Å². The average molecular weight is 530 g/mol. The number of cyclic esters (lactones) is 1. The van der Waals surface area contributed by atoms with Gasteiger partial charge in [-0.25, -0.2) is 19.3 Å². The number of hydrogen-bond acceptors (Lipinski definition) is 8. The van der Waals surface area contributed by atoms with Gasteiger partial charge in [0, 0.05) is 36.8 Å². The summed E-state index contributed by atoms with van der Waals surface area (Å²) in [5.74, 6) is 0.0694. The molecular formula is C29H28FN5O4. The number of aromatic nitrogens is 4. The van der Waals surface area contributed by atoms with Gasteiger partial charge in [-0.05, 0) is 55.3 Å². The van der Waals surface area contributed by atoms with Crippen molar-refractivity contribution >= 4 is 17.6 Å². The molecule has 3 heterocycles.